The molecule has 0 aliphatic carbocycles. The molecule has 0 atom stereocenters. The Kier molecular flexibility index (Phi) is 8.76. The monoisotopic (exact) mass is 236 g/mol. The molecule has 5 heteroatoms. The van der Waals surface area contributed by atoms with Crippen LogP contribution in [0, 0.1) is 5.92 Å². The first-order valence-corrected chi connectivity index (χ1v) is 5.32. The van der Waals surface area contributed by atoms with Crippen molar-refractivity contribution in [2.45, 2.75) is 19.3 Å². The molecule has 0 saturated carbocycles. The second-order valence-corrected chi connectivity index (χ2v) is 3.71. The first-order chi connectivity index (χ1) is 6.83. The highest BCUT2D eigenvalue weighted by atomic mass is 35.5. The summed E-state index contributed by atoms with van der Waals surface area (Å²) in [7, 11) is 1.85. The summed E-state index contributed by atoms with van der Waals surface area (Å²) in [6.45, 7) is 3.25. The summed E-state index contributed by atoms with van der Waals surface area (Å²) >= 11 is 0. The first kappa shape index (κ1) is 14.7. The summed E-state index contributed by atoms with van der Waals surface area (Å²) in [5.74, 6) is 0.758. The molecule has 1 aliphatic heterocycles. The SMILES string of the molecule is CNCCC(=O)NCC1CCOCC1.Cl. The van der Waals surface area contributed by atoms with Gasteiger partial charge in [-0.25, -0.2) is 0 Å². The fourth-order valence-corrected chi connectivity index (χ4v) is 1.54. The Morgan fingerprint density at radius 1 is 1.40 bits per heavy atom. The molecule has 0 aromatic heterocycles. The average molecular weight is 237 g/mol. The fourth-order valence-electron chi connectivity index (χ4n) is 1.54. The van der Waals surface area contributed by atoms with Gasteiger partial charge in [-0.2, -0.15) is 0 Å². The van der Waals surface area contributed by atoms with Crippen LogP contribution in [0.5, 0.6) is 0 Å². The van der Waals surface area contributed by atoms with Crippen LogP contribution in [0.4, 0.5) is 0 Å². The van der Waals surface area contributed by atoms with E-state index >= 15 is 0 Å². The van der Waals surface area contributed by atoms with Gasteiger partial charge in [-0.1, -0.05) is 0 Å². The highest BCUT2D eigenvalue weighted by molar-refractivity contribution is 5.85. The minimum atomic E-state index is 0. The average Bonchev–Trinajstić information content (AvgIpc) is 2.25. The fraction of sp³-hybridized carbons (Fsp3) is 0.900. The van der Waals surface area contributed by atoms with E-state index < -0.39 is 0 Å². The van der Waals surface area contributed by atoms with Crippen molar-refractivity contribution < 1.29 is 9.53 Å². The van der Waals surface area contributed by atoms with Crippen LogP contribution in [0.15, 0.2) is 0 Å². The standard InChI is InChI=1S/C10H20N2O2.ClH/c1-11-5-2-10(13)12-8-9-3-6-14-7-4-9;/h9,11H,2-8H2,1H3,(H,12,13);1H. The molecule has 1 fully saturated rings. The second kappa shape index (κ2) is 8.95. The Balaban J connectivity index is 0.00000196. The van der Waals surface area contributed by atoms with E-state index in [4.69, 9.17) is 4.74 Å². The molecular weight excluding hydrogens is 216 g/mol. The zero-order chi connectivity index (χ0) is 10.2. The Hall–Kier alpha value is -0.320. The predicted octanol–water partition coefficient (Wildman–Crippen LogP) is 0.560. The lowest BCUT2D eigenvalue weighted by Gasteiger charge is -2.22. The number of rotatable bonds is 5. The molecule has 90 valence electrons. The van der Waals surface area contributed by atoms with Gasteiger partial charge in [-0.05, 0) is 25.8 Å². The zero-order valence-corrected chi connectivity index (χ0v) is 10.1. The normalized spacial score (nSPS) is 16.9. The van der Waals surface area contributed by atoms with Crippen molar-refractivity contribution in [1.82, 2.24) is 10.6 Å². The quantitative estimate of drug-likeness (QED) is 0.734. The predicted molar refractivity (Wildman–Crippen MR) is 62.3 cm³/mol. The van der Waals surface area contributed by atoms with Crippen LogP contribution in [-0.2, 0) is 9.53 Å². The summed E-state index contributed by atoms with van der Waals surface area (Å²) in [5.41, 5.74) is 0. The van der Waals surface area contributed by atoms with Crippen molar-refractivity contribution in [3.8, 4) is 0 Å². The number of carbonyl (C=O) groups is 1. The number of nitrogens with one attached hydrogen (secondary N) is 2. The first-order valence-electron chi connectivity index (χ1n) is 5.32. The van der Waals surface area contributed by atoms with E-state index in [0.717, 1.165) is 39.1 Å². The van der Waals surface area contributed by atoms with Gasteiger partial charge >= 0.3 is 0 Å². The van der Waals surface area contributed by atoms with Crippen molar-refractivity contribution in [2.75, 3.05) is 33.4 Å². The third-order valence-electron chi connectivity index (χ3n) is 2.53. The van der Waals surface area contributed by atoms with Crippen molar-refractivity contribution in [1.29, 1.82) is 0 Å². The highest BCUT2D eigenvalue weighted by Crippen LogP contribution is 2.12. The lowest BCUT2D eigenvalue weighted by Crippen LogP contribution is -2.33. The second-order valence-electron chi connectivity index (χ2n) is 3.71. The molecule has 0 radical (unpaired) electrons. The Labute approximate surface area is 97.5 Å². The highest BCUT2D eigenvalue weighted by Gasteiger charge is 2.14. The van der Waals surface area contributed by atoms with Gasteiger partial charge < -0.3 is 15.4 Å². The molecule has 1 heterocycles. The molecule has 1 amide bonds. The van der Waals surface area contributed by atoms with Crippen LogP contribution in [0.3, 0.4) is 0 Å². The van der Waals surface area contributed by atoms with Crippen LogP contribution in [0.25, 0.3) is 0 Å². The molecule has 15 heavy (non-hydrogen) atoms. The van der Waals surface area contributed by atoms with Crippen LogP contribution < -0.4 is 10.6 Å². The Morgan fingerprint density at radius 2 is 2.07 bits per heavy atom. The smallest absolute Gasteiger partial charge is 0.221 e. The largest absolute Gasteiger partial charge is 0.381 e. The maximum absolute atomic E-state index is 11.3. The lowest BCUT2D eigenvalue weighted by molar-refractivity contribution is -0.121. The maximum Gasteiger partial charge on any atom is 0.221 e. The number of hydrogen-bond acceptors (Lipinski definition) is 3. The van der Waals surface area contributed by atoms with Crippen molar-refractivity contribution in [3.05, 3.63) is 0 Å². The minimum absolute atomic E-state index is 0. The summed E-state index contributed by atoms with van der Waals surface area (Å²) in [6.07, 6.45) is 2.72. The van der Waals surface area contributed by atoms with Gasteiger partial charge in [0.05, 0.1) is 0 Å². The van der Waals surface area contributed by atoms with Gasteiger partial charge in [0, 0.05) is 32.7 Å². The van der Waals surface area contributed by atoms with Crippen molar-refractivity contribution >= 4 is 18.3 Å². The third kappa shape index (κ3) is 6.71. The number of carbonyl (C=O) groups excluding carboxylic acids is 1. The molecule has 4 nitrogen and oxygen atoms in total. The van der Waals surface area contributed by atoms with Crippen LogP contribution >= 0.6 is 12.4 Å². The van der Waals surface area contributed by atoms with Gasteiger partial charge in [0.2, 0.25) is 5.91 Å². The summed E-state index contributed by atoms with van der Waals surface area (Å²) in [6, 6.07) is 0. The Bertz CT molecular complexity index is 173. The summed E-state index contributed by atoms with van der Waals surface area (Å²) in [4.78, 5) is 11.3. The number of ether oxygens (including phenoxy) is 1. The summed E-state index contributed by atoms with van der Waals surface area (Å²) in [5, 5.41) is 5.91. The van der Waals surface area contributed by atoms with E-state index in [1.165, 1.54) is 0 Å². The topological polar surface area (TPSA) is 50.4 Å². The molecular formula is C10H21ClN2O2. The zero-order valence-electron chi connectivity index (χ0n) is 9.25. The molecule has 0 aromatic rings. The van der Waals surface area contributed by atoms with Crippen LogP contribution in [-0.4, -0.2) is 39.3 Å². The van der Waals surface area contributed by atoms with Gasteiger partial charge in [-0.3, -0.25) is 4.79 Å². The third-order valence-corrected chi connectivity index (χ3v) is 2.53. The van der Waals surface area contributed by atoms with Gasteiger partial charge in [0.1, 0.15) is 0 Å². The van der Waals surface area contributed by atoms with Gasteiger partial charge in [0.25, 0.3) is 0 Å². The van der Waals surface area contributed by atoms with Crippen LogP contribution in [0.2, 0.25) is 0 Å². The van der Waals surface area contributed by atoms with E-state index in [0.29, 0.717) is 12.3 Å². The summed E-state index contributed by atoms with van der Waals surface area (Å²) < 4.78 is 5.25. The van der Waals surface area contributed by atoms with E-state index in [1.54, 1.807) is 0 Å². The van der Waals surface area contributed by atoms with Crippen molar-refractivity contribution in [3.63, 3.8) is 0 Å². The molecule has 0 bridgehead atoms. The minimum Gasteiger partial charge on any atom is -0.381 e. The molecule has 1 aliphatic rings. The van der Waals surface area contributed by atoms with E-state index in [9.17, 15) is 4.79 Å². The van der Waals surface area contributed by atoms with Gasteiger partial charge in [-0.15, -0.1) is 12.4 Å². The molecule has 2 N–H and O–H groups in total. The van der Waals surface area contributed by atoms with E-state index in [-0.39, 0.29) is 18.3 Å². The van der Waals surface area contributed by atoms with E-state index in [1.807, 2.05) is 7.05 Å². The lowest BCUT2D eigenvalue weighted by atomic mass is 10.0. The molecule has 1 rings (SSSR count). The molecule has 0 aromatic carbocycles. The van der Waals surface area contributed by atoms with Crippen LogP contribution in [0.1, 0.15) is 19.3 Å². The number of halogens is 1. The maximum atomic E-state index is 11.3. The van der Waals surface area contributed by atoms with Gasteiger partial charge in [0.15, 0.2) is 0 Å². The number of amides is 1. The number of hydrogen-bond donors (Lipinski definition) is 2. The van der Waals surface area contributed by atoms with Crippen molar-refractivity contribution in [2.24, 2.45) is 5.92 Å². The Morgan fingerprint density at radius 3 is 2.67 bits per heavy atom. The molecule has 1 saturated heterocycles. The van der Waals surface area contributed by atoms with E-state index in [2.05, 4.69) is 10.6 Å². The molecule has 0 spiro atoms. The molecule has 0 unspecified atom stereocenters.